The van der Waals surface area contributed by atoms with E-state index >= 15 is 0 Å². The van der Waals surface area contributed by atoms with Crippen molar-refractivity contribution in [3.05, 3.63) is 23.8 Å². The van der Waals surface area contributed by atoms with Gasteiger partial charge in [0.15, 0.2) is 0 Å². The number of aryl methyl sites for hydroxylation is 1. The van der Waals surface area contributed by atoms with Gasteiger partial charge in [-0.05, 0) is 43.7 Å². The summed E-state index contributed by atoms with van der Waals surface area (Å²) in [4.78, 5) is 12.7. The third-order valence-corrected chi connectivity index (χ3v) is 5.04. The standard InChI is InChI=1S/C17H24N2O/c1-2-17(10-3-4-11-17)16(20)19-14-9-5-7-13-8-6-12-18-15(13)14/h5,7,9,18H,2-4,6,8,10-12H2,1H3,(H,19,20). The van der Waals surface area contributed by atoms with Crippen LogP contribution in [0.5, 0.6) is 0 Å². The van der Waals surface area contributed by atoms with Crippen LogP contribution < -0.4 is 10.6 Å². The van der Waals surface area contributed by atoms with Gasteiger partial charge in [-0.25, -0.2) is 0 Å². The summed E-state index contributed by atoms with van der Waals surface area (Å²) in [6, 6.07) is 6.23. The molecule has 1 aromatic carbocycles. The van der Waals surface area contributed by atoms with E-state index in [1.54, 1.807) is 0 Å². The molecule has 1 fully saturated rings. The van der Waals surface area contributed by atoms with Crippen molar-refractivity contribution in [2.45, 2.75) is 51.9 Å². The molecule has 0 aromatic heterocycles. The number of rotatable bonds is 3. The summed E-state index contributed by atoms with van der Waals surface area (Å²) >= 11 is 0. The molecule has 0 atom stereocenters. The van der Waals surface area contributed by atoms with E-state index in [0.717, 1.165) is 43.6 Å². The number of fused-ring (bicyclic) bond motifs is 1. The van der Waals surface area contributed by atoms with Crippen LogP contribution in [-0.4, -0.2) is 12.5 Å². The molecular formula is C17H24N2O. The second kappa shape index (κ2) is 5.47. The summed E-state index contributed by atoms with van der Waals surface area (Å²) < 4.78 is 0. The molecule has 3 nitrogen and oxygen atoms in total. The Morgan fingerprint density at radius 3 is 2.85 bits per heavy atom. The molecule has 1 amide bonds. The number of anilines is 2. The number of benzene rings is 1. The topological polar surface area (TPSA) is 41.1 Å². The Bertz CT molecular complexity index is 504. The Labute approximate surface area is 121 Å². The SMILES string of the molecule is CCC1(C(=O)Nc2cccc3c2NCCC3)CCCC1. The minimum atomic E-state index is -0.128. The molecule has 1 heterocycles. The molecule has 2 aliphatic rings. The van der Waals surface area contributed by atoms with Crippen LogP contribution in [0.4, 0.5) is 11.4 Å². The van der Waals surface area contributed by atoms with Crippen LogP contribution in [0.1, 0.15) is 51.0 Å². The number of hydrogen-bond acceptors (Lipinski definition) is 2. The van der Waals surface area contributed by atoms with Crippen LogP contribution in [0.2, 0.25) is 0 Å². The van der Waals surface area contributed by atoms with Gasteiger partial charge in [-0.15, -0.1) is 0 Å². The summed E-state index contributed by atoms with van der Waals surface area (Å²) in [5, 5.41) is 6.65. The molecule has 1 saturated carbocycles. The minimum Gasteiger partial charge on any atom is -0.383 e. The zero-order chi connectivity index (χ0) is 14.0. The van der Waals surface area contributed by atoms with Crippen molar-refractivity contribution < 1.29 is 4.79 Å². The Morgan fingerprint density at radius 2 is 2.10 bits per heavy atom. The third-order valence-electron chi connectivity index (χ3n) is 5.04. The van der Waals surface area contributed by atoms with Crippen LogP contribution >= 0.6 is 0 Å². The van der Waals surface area contributed by atoms with Crippen molar-refractivity contribution in [1.29, 1.82) is 0 Å². The van der Waals surface area contributed by atoms with Gasteiger partial charge in [0.2, 0.25) is 5.91 Å². The number of amides is 1. The molecule has 20 heavy (non-hydrogen) atoms. The largest absolute Gasteiger partial charge is 0.383 e. The van der Waals surface area contributed by atoms with E-state index in [-0.39, 0.29) is 11.3 Å². The first-order valence-corrected chi connectivity index (χ1v) is 7.92. The lowest BCUT2D eigenvalue weighted by atomic mass is 9.82. The number of para-hydroxylation sites is 1. The first-order chi connectivity index (χ1) is 9.75. The summed E-state index contributed by atoms with van der Waals surface area (Å²) in [5.41, 5.74) is 3.30. The second-order valence-corrected chi connectivity index (χ2v) is 6.17. The van der Waals surface area contributed by atoms with Gasteiger partial charge in [-0.3, -0.25) is 4.79 Å². The van der Waals surface area contributed by atoms with Crippen molar-refractivity contribution in [2.24, 2.45) is 5.41 Å². The van der Waals surface area contributed by atoms with Crippen LogP contribution in [0.3, 0.4) is 0 Å². The maximum Gasteiger partial charge on any atom is 0.230 e. The van der Waals surface area contributed by atoms with E-state index < -0.39 is 0 Å². The predicted molar refractivity (Wildman–Crippen MR) is 83.1 cm³/mol. The van der Waals surface area contributed by atoms with Gasteiger partial charge >= 0.3 is 0 Å². The summed E-state index contributed by atoms with van der Waals surface area (Å²) in [6.45, 7) is 3.14. The number of carbonyl (C=O) groups excluding carboxylic acids is 1. The fourth-order valence-corrected chi connectivity index (χ4v) is 3.66. The van der Waals surface area contributed by atoms with Crippen molar-refractivity contribution in [3.8, 4) is 0 Å². The van der Waals surface area contributed by atoms with E-state index in [0.29, 0.717) is 0 Å². The predicted octanol–water partition coefficient (Wildman–Crippen LogP) is 3.95. The maximum absolute atomic E-state index is 12.7. The highest BCUT2D eigenvalue weighted by atomic mass is 16.2. The van der Waals surface area contributed by atoms with E-state index in [4.69, 9.17) is 0 Å². The fourth-order valence-electron chi connectivity index (χ4n) is 3.66. The monoisotopic (exact) mass is 272 g/mol. The van der Waals surface area contributed by atoms with Gasteiger partial charge in [0.1, 0.15) is 0 Å². The van der Waals surface area contributed by atoms with E-state index in [1.165, 1.54) is 24.8 Å². The number of hydrogen-bond donors (Lipinski definition) is 2. The summed E-state index contributed by atoms with van der Waals surface area (Å²) in [7, 11) is 0. The number of nitrogens with one attached hydrogen (secondary N) is 2. The minimum absolute atomic E-state index is 0.128. The van der Waals surface area contributed by atoms with Gasteiger partial charge in [-0.2, -0.15) is 0 Å². The van der Waals surface area contributed by atoms with Crippen molar-refractivity contribution in [1.82, 2.24) is 0 Å². The molecule has 3 rings (SSSR count). The number of carbonyl (C=O) groups is 1. The van der Waals surface area contributed by atoms with Crippen molar-refractivity contribution in [2.75, 3.05) is 17.2 Å². The molecule has 0 unspecified atom stereocenters. The molecule has 1 aromatic rings. The van der Waals surface area contributed by atoms with Crippen LogP contribution in [-0.2, 0) is 11.2 Å². The molecule has 3 heteroatoms. The zero-order valence-electron chi connectivity index (χ0n) is 12.3. The van der Waals surface area contributed by atoms with E-state index in [1.807, 2.05) is 6.07 Å². The van der Waals surface area contributed by atoms with Gasteiger partial charge in [0.25, 0.3) is 0 Å². The average molecular weight is 272 g/mol. The quantitative estimate of drug-likeness (QED) is 0.874. The lowest BCUT2D eigenvalue weighted by molar-refractivity contribution is -0.125. The maximum atomic E-state index is 12.7. The zero-order valence-corrected chi connectivity index (χ0v) is 12.3. The van der Waals surface area contributed by atoms with Crippen LogP contribution in [0, 0.1) is 5.41 Å². The van der Waals surface area contributed by atoms with E-state index in [9.17, 15) is 4.79 Å². The van der Waals surface area contributed by atoms with Crippen LogP contribution in [0.25, 0.3) is 0 Å². The Morgan fingerprint density at radius 1 is 1.30 bits per heavy atom. The molecule has 1 aliphatic heterocycles. The first-order valence-electron chi connectivity index (χ1n) is 7.92. The highest BCUT2D eigenvalue weighted by Crippen LogP contribution is 2.42. The summed E-state index contributed by atoms with van der Waals surface area (Å²) in [6.07, 6.45) is 7.67. The molecule has 2 N–H and O–H groups in total. The van der Waals surface area contributed by atoms with Crippen LogP contribution in [0.15, 0.2) is 18.2 Å². The third kappa shape index (κ3) is 2.30. The van der Waals surface area contributed by atoms with Gasteiger partial charge in [-0.1, -0.05) is 31.9 Å². The van der Waals surface area contributed by atoms with E-state index in [2.05, 4.69) is 29.7 Å². The average Bonchev–Trinajstić information content (AvgIpc) is 2.98. The lowest BCUT2D eigenvalue weighted by Gasteiger charge is -2.28. The van der Waals surface area contributed by atoms with Gasteiger partial charge < -0.3 is 10.6 Å². The molecule has 0 spiro atoms. The Kier molecular flexibility index (Phi) is 3.68. The molecule has 1 aliphatic carbocycles. The fraction of sp³-hybridized carbons (Fsp3) is 0.588. The molecule has 108 valence electrons. The molecule has 0 radical (unpaired) electrons. The second-order valence-electron chi connectivity index (χ2n) is 6.17. The van der Waals surface area contributed by atoms with Gasteiger partial charge in [0, 0.05) is 12.0 Å². The summed E-state index contributed by atoms with van der Waals surface area (Å²) in [5.74, 6) is 0.221. The first kappa shape index (κ1) is 13.5. The molecular weight excluding hydrogens is 248 g/mol. The molecule has 0 saturated heterocycles. The normalized spacial score (nSPS) is 20.1. The lowest BCUT2D eigenvalue weighted by Crippen LogP contribution is -2.33. The Balaban J connectivity index is 1.82. The van der Waals surface area contributed by atoms with Crippen molar-refractivity contribution >= 4 is 17.3 Å². The van der Waals surface area contributed by atoms with Crippen molar-refractivity contribution in [3.63, 3.8) is 0 Å². The smallest absolute Gasteiger partial charge is 0.230 e. The Hall–Kier alpha value is -1.51. The highest BCUT2D eigenvalue weighted by molar-refractivity contribution is 5.98. The highest BCUT2D eigenvalue weighted by Gasteiger charge is 2.39. The molecule has 0 bridgehead atoms. The van der Waals surface area contributed by atoms with Gasteiger partial charge in [0.05, 0.1) is 11.4 Å².